The van der Waals surface area contributed by atoms with Crippen LogP contribution in [-0.2, 0) is 31.9 Å². The number of rotatable bonds is 3. The molecule has 0 amide bonds. The molecule has 19 heavy (non-hydrogen) atoms. The molecule has 1 aliphatic rings. The fraction of sp³-hybridized carbons (Fsp3) is 0.357. The van der Waals surface area contributed by atoms with Crippen molar-refractivity contribution >= 4 is 18.0 Å². The SMILES string of the molecule is C=Cc1cc2c(cn1)CC(C(=O)OC)(C(=O)OC)C2. The largest absolute Gasteiger partial charge is 0.468 e. The lowest BCUT2D eigenvalue weighted by Crippen LogP contribution is -2.42. The van der Waals surface area contributed by atoms with Crippen LogP contribution in [0.15, 0.2) is 18.8 Å². The van der Waals surface area contributed by atoms with Gasteiger partial charge in [-0.05, 0) is 29.7 Å². The number of nitrogens with zero attached hydrogens (tertiary/aromatic N) is 1. The third-order valence-corrected chi connectivity index (χ3v) is 3.45. The van der Waals surface area contributed by atoms with Gasteiger partial charge in [-0.3, -0.25) is 14.6 Å². The molecule has 0 aliphatic heterocycles. The van der Waals surface area contributed by atoms with E-state index in [2.05, 4.69) is 11.6 Å². The molecule has 0 saturated heterocycles. The minimum absolute atomic E-state index is 0.256. The van der Waals surface area contributed by atoms with Crippen LogP contribution in [-0.4, -0.2) is 31.1 Å². The first-order valence-corrected chi connectivity index (χ1v) is 5.84. The second-order valence-electron chi connectivity index (χ2n) is 4.50. The van der Waals surface area contributed by atoms with E-state index in [1.807, 2.05) is 6.07 Å². The molecule has 1 aliphatic carbocycles. The van der Waals surface area contributed by atoms with Crippen LogP contribution in [0.3, 0.4) is 0 Å². The number of ether oxygens (including phenoxy) is 2. The van der Waals surface area contributed by atoms with Gasteiger partial charge in [0, 0.05) is 12.6 Å². The maximum atomic E-state index is 12.0. The highest BCUT2D eigenvalue weighted by Crippen LogP contribution is 2.39. The minimum atomic E-state index is -1.28. The average molecular weight is 261 g/mol. The summed E-state index contributed by atoms with van der Waals surface area (Å²) in [6, 6.07) is 1.83. The van der Waals surface area contributed by atoms with E-state index >= 15 is 0 Å². The van der Waals surface area contributed by atoms with Crippen molar-refractivity contribution in [1.29, 1.82) is 0 Å². The number of carbonyl (C=O) groups excluding carboxylic acids is 2. The zero-order valence-electron chi connectivity index (χ0n) is 10.9. The van der Waals surface area contributed by atoms with Gasteiger partial charge in [-0.1, -0.05) is 6.58 Å². The van der Waals surface area contributed by atoms with Crippen LogP contribution in [0.5, 0.6) is 0 Å². The van der Waals surface area contributed by atoms with E-state index in [4.69, 9.17) is 9.47 Å². The molecule has 5 heteroatoms. The fourth-order valence-corrected chi connectivity index (χ4v) is 2.45. The lowest BCUT2D eigenvalue weighted by Gasteiger charge is -2.22. The molecule has 0 aromatic carbocycles. The van der Waals surface area contributed by atoms with Crippen LogP contribution in [0, 0.1) is 5.41 Å². The van der Waals surface area contributed by atoms with Gasteiger partial charge in [-0.25, -0.2) is 0 Å². The molecule has 0 unspecified atom stereocenters. The highest BCUT2D eigenvalue weighted by Gasteiger charge is 2.52. The summed E-state index contributed by atoms with van der Waals surface area (Å²) in [6.45, 7) is 3.65. The molecule has 5 nitrogen and oxygen atoms in total. The van der Waals surface area contributed by atoms with Gasteiger partial charge in [0.15, 0.2) is 5.41 Å². The lowest BCUT2D eigenvalue weighted by atomic mass is 9.85. The number of pyridine rings is 1. The third kappa shape index (κ3) is 2.01. The number of esters is 2. The Kier molecular flexibility index (Phi) is 3.38. The Morgan fingerprint density at radius 3 is 2.37 bits per heavy atom. The summed E-state index contributed by atoms with van der Waals surface area (Å²) in [5, 5.41) is 0. The lowest BCUT2D eigenvalue weighted by molar-refractivity contribution is -0.168. The third-order valence-electron chi connectivity index (χ3n) is 3.45. The quantitative estimate of drug-likeness (QED) is 0.603. The number of carbonyl (C=O) groups is 2. The molecule has 0 N–H and O–H groups in total. The first kappa shape index (κ1) is 13.3. The molecule has 1 aromatic heterocycles. The standard InChI is InChI=1S/C14H15NO4/c1-4-11-5-9-6-14(12(16)18-2,13(17)19-3)7-10(9)8-15-11/h4-5,8H,1,6-7H2,2-3H3. The van der Waals surface area contributed by atoms with Crippen LogP contribution in [0.2, 0.25) is 0 Å². The number of fused-ring (bicyclic) bond motifs is 1. The van der Waals surface area contributed by atoms with Crippen LogP contribution >= 0.6 is 0 Å². The van der Waals surface area contributed by atoms with Crippen molar-refractivity contribution in [2.24, 2.45) is 5.41 Å². The maximum Gasteiger partial charge on any atom is 0.323 e. The maximum absolute atomic E-state index is 12.0. The van der Waals surface area contributed by atoms with Crippen molar-refractivity contribution in [3.05, 3.63) is 35.7 Å². The summed E-state index contributed by atoms with van der Waals surface area (Å²) in [6.07, 6.45) is 3.81. The second-order valence-corrected chi connectivity index (χ2v) is 4.50. The first-order valence-electron chi connectivity index (χ1n) is 5.84. The van der Waals surface area contributed by atoms with E-state index in [9.17, 15) is 9.59 Å². The molecule has 0 bridgehead atoms. The molecular weight excluding hydrogens is 246 g/mol. The summed E-state index contributed by atoms with van der Waals surface area (Å²) in [4.78, 5) is 28.2. The zero-order chi connectivity index (χ0) is 14.0. The van der Waals surface area contributed by atoms with Gasteiger partial charge in [0.2, 0.25) is 0 Å². The minimum Gasteiger partial charge on any atom is -0.468 e. The van der Waals surface area contributed by atoms with Gasteiger partial charge in [-0.2, -0.15) is 0 Å². The smallest absolute Gasteiger partial charge is 0.323 e. The Hall–Kier alpha value is -2.17. The van der Waals surface area contributed by atoms with E-state index < -0.39 is 17.4 Å². The molecule has 0 atom stereocenters. The molecule has 1 heterocycles. The van der Waals surface area contributed by atoms with Gasteiger partial charge in [0.05, 0.1) is 19.9 Å². The molecule has 0 saturated carbocycles. The van der Waals surface area contributed by atoms with Crippen molar-refractivity contribution in [3.8, 4) is 0 Å². The highest BCUT2D eigenvalue weighted by atomic mass is 16.5. The summed E-state index contributed by atoms with van der Waals surface area (Å²) < 4.78 is 9.54. The molecule has 0 spiro atoms. The first-order chi connectivity index (χ1) is 9.07. The summed E-state index contributed by atoms with van der Waals surface area (Å²) in [7, 11) is 2.53. The molecule has 0 radical (unpaired) electrons. The van der Waals surface area contributed by atoms with E-state index in [1.165, 1.54) is 14.2 Å². The molecule has 2 rings (SSSR count). The predicted molar refractivity (Wildman–Crippen MR) is 68.2 cm³/mol. The predicted octanol–water partition coefficient (Wildman–Crippen LogP) is 1.16. The molecule has 0 fully saturated rings. The van der Waals surface area contributed by atoms with Gasteiger partial charge >= 0.3 is 11.9 Å². The Morgan fingerprint density at radius 2 is 1.84 bits per heavy atom. The average Bonchev–Trinajstić information content (AvgIpc) is 2.84. The van der Waals surface area contributed by atoms with E-state index in [1.54, 1.807) is 12.3 Å². The zero-order valence-corrected chi connectivity index (χ0v) is 10.9. The van der Waals surface area contributed by atoms with E-state index in [0.29, 0.717) is 5.69 Å². The van der Waals surface area contributed by atoms with Gasteiger partial charge < -0.3 is 9.47 Å². The van der Waals surface area contributed by atoms with Crippen LogP contribution in [0.1, 0.15) is 16.8 Å². The Labute approximate surface area is 111 Å². The van der Waals surface area contributed by atoms with Gasteiger partial charge in [-0.15, -0.1) is 0 Å². The number of hydrogen-bond donors (Lipinski definition) is 0. The number of methoxy groups -OCH3 is 2. The normalized spacial score (nSPS) is 15.5. The van der Waals surface area contributed by atoms with Crippen molar-refractivity contribution in [2.75, 3.05) is 14.2 Å². The molecule has 100 valence electrons. The van der Waals surface area contributed by atoms with E-state index in [0.717, 1.165) is 11.1 Å². The molecule has 1 aromatic rings. The number of aromatic nitrogens is 1. The molecular formula is C14H15NO4. The second kappa shape index (κ2) is 4.84. The Bertz CT molecular complexity index is 534. The van der Waals surface area contributed by atoms with Crippen molar-refractivity contribution in [1.82, 2.24) is 4.98 Å². The van der Waals surface area contributed by atoms with Crippen molar-refractivity contribution in [3.63, 3.8) is 0 Å². The fourth-order valence-electron chi connectivity index (χ4n) is 2.45. The van der Waals surface area contributed by atoms with Crippen molar-refractivity contribution < 1.29 is 19.1 Å². The van der Waals surface area contributed by atoms with Gasteiger partial charge in [0.1, 0.15) is 0 Å². The van der Waals surface area contributed by atoms with Crippen LogP contribution in [0.4, 0.5) is 0 Å². The van der Waals surface area contributed by atoms with E-state index in [-0.39, 0.29) is 12.8 Å². The van der Waals surface area contributed by atoms with Crippen LogP contribution < -0.4 is 0 Å². The Morgan fingerprint density at radius 1 is 1.26 bits per heavy atom. The Balaban J connectivity index is 2.44. The summed E-state index contributed by atoms with van der Waals surface area (Å²) in [5.41, 5.74) is 1.19. The van der Waals surface area contributed by atoms with Gasteiger partial charge in [0.25, 0.3) is 0 Å². The van der Waals surface area contributed by atoms with Crippen LogP contribution in [0.25, 0.3) is 6.08 Å². The summed E-state index contributed by atoms with van der Waals surface area (Å²) in [5.74, 6) is -1.15. The monoisotopic (exact) mass is 261 g/mol. The van der Waals surface area contributed by atoms with Crippen molar-refractivity contribution in [2.45, 2.75) is 12.8 Å². The highest BCUT2D eigenvalue weighted by molar-refractivity contribution is 6.01. The topological polar surface area (TPSA) is 65.5 Å². The summed E-state index contributed by atoms with van der Waals surface area (Å²) >= 11 is 0. The number of hydrogen-bond acceptors (Lipinski definition) is 5.